The SMILES string of the molecule is CC(=O)N(CCC(C)C)CC(=O)NCc1ccc2c(c1)OCO2. The van der Waals surface area contributed by atoms with Crippen LogP contribution in [-0.2, 0) is 16.1 Å². The quantitative estimate of drug-likeness (QED) is 0.833. The second-order valence-electron chi connectivity index (χ2n) is 6.09. The molecule has 0 spiro atoms. The van der Waals surface area contributed by atoms with Crippen LogP contribution in [0.4, 0.5) is 0 Å². The van der Waals surface area contributed by atoms with E-state index in [1.54, 1.807) is 4.90 Å². The Balaban J connectivity index is 1.82. The summed E-state index contributed by atoms with van der Waals surface area (Å²) in [5.74, 6) is 1.66. The maximum atomic E-state index is 12.0. The van der Waals surface area contributed by atoms with E-state index in [0.29, 0.717) is 24.8 Å². The zero-order chi connectivity index (χ0) is 16.8. The Kier molecular flexibility index (Phi) is 5.84. The Morgan fingerprint density at radius 1 is 1.26 bits per heavy atom. The lowest BCUT2D eigenvalue weighted by Gasteiger charge is -2.21. The average molecular weight is 320 g/mol. The molecule has 1 aliphatic rings. The highest BCUT2D eigenvalue weighted by Crippen LogP contribution is 2.32. The van der Waals surface area contributed by atoms with Crippen LogP contribution >= 0.6 is 0 Å². The van der Waals surface area contributed by atoms with Crippen molar-refractivity contribution in [2.45, 2.75) is 33.7 Å². The number of amides is 2. The van der Waals surface area contributed by atoms with Gasteiger partial charge in [-0.15, -0.1) is 0 Å². The van der Waals surface area contributed by atoms with Gasteiger partial charge in [-0.05, 0) is 30.0 Å². The molecule has 126 valence electrons. The monoisotopic (exact) mass is 320 g/mol. The number of nitrogens with zero attached hydrogens (tertiary/aromatic N) is 1. The van der Waals surface area contributed by atoms with Gasteiger partial charge in [-0.2, -0.15) is 0 Å². The lowest BCUT2D eigenvalue weighted by Crippen LogP contribution is -2.40. The molecule has 1 N–H and O–H groups in total. The van der Waals surface area contributed by atoms with Crippen molar-refractivity contribution in [3.8, 4) is 11.5 Å². The molecule has 1 aliphatic heterocycles. The average Bonchev–Trinajstić information content (AvgIpc) is 2.96. The number of hydrogen-bond donors (Lipinski definition) is 1. The van der Waals surface area contributed by atoms with Crippen LogP contribution in [0.15, 0.2) is 18.2 Å². The number of nitrogens with one attached hydrogen (secondary N) is 1. The molecule has 0 bridgehead atoms. The molecule has 0 unspecified atom stereocenters. The molecule has 1 aromatic carbocycles. The first-order valence-electron chi connectivity index (χ1n) is 7.86. The summed E-state index contributed by atoms with van der Waals surface area (Å²) in [6.07, 6.45) is 0.884. The van der Waals surface area contributed by atoms with Crippen LogP contribution in [0.25, 0.3) is 0 Å². The van der Waals surface area contributed by atoms with Crippen molar-refractivity contribution in [1.29, 1.82) is 0 Å². The molecule has 6 nitrogen and oxygen atoms in total. The minimum Gasteiger partial charge on any atom is -0.454 e. The third kappa shape index (κ3) is 5.16. The minimum atomic E-state index is -0.165. The Morgan fingerprint density at radius 2 is 2.00 bits per heavy atom. The Bertz CT molecular complexity index is 572. The fraction of sp³-hybridized carbons (Fsp3) is 0.529. The third-order valence-electron chi connectivity index (χ3n) is 3.68. The molecule has 0 saturated heterocycles. The van der Waals surface area contributed by atoms with Crippen LogP contribution in [0, 0.1) is 5.92 Å². The molecular weight excluding hydrogens is 296 g/mol. The van der Waals surface area contributed by atoms with Gasteiger partial charge >= 0.3 is 0 Å². The van der Waals surface area contributed by atoms with Crippen molar-refractivity contribution in [1.82, 2.24) is 10.2 Å². The normalized spacial score (nSPS) is 12.3. The molecule has 6 heteroatoms. The lowest BCUT2D eigenvalue weighted by atomic mass is 10.1. The van der Waals surface area contributed by atoms with Crippen LogP contribution in [0.5, 0.6) is 11.5 Å². The van der Waals surface area contributed by atoms with Crippen molar-refractivity contribution < 1.29 is 19.1 Å². The Labute approximate surface area is 136 Å². The number of rotatable bonds is 7. The molecule has 2 amide bonds. The molecule has 0 fully saturated rings. The zero-order valence-electron chi connectivity index (χ0n) is 13.9. The van der Waals surface area contributed by atoms with Gasteiger partial charge in [0.25, 0.3) is 0 Å². The smallest absolute Gasteiger partial charge is 0.239 e. The fourth-order valence-corrected chi connectivity index (χ4v) is 2.24. The van der Waals surface area contributed by atoms with Gasteiger partial charge in [0.15, 0.2) is 11.5 Å². The first-order valence-corrected chi connectivity index (χ1v) is 7.86. The van der Waals surface area contributed by atoms with Gasteiger partial charge in [-0.3, -0.25) is 9.59 Å². The van der Waals surface area contributed by atoms with E-state index in [4.69, 9.17) is 9.47 Å². The van der Waals surface area contributed by atoms with Gasteiger partial charge in [0.05, 0.1) is 6.54 Å². The maximum absolute atomic E-state index is 12.0. The number of benzene rings is 1. The highest BCUT2D eigenvalue weighted by molar-refractivity contribution is 5.83. The first-order chi connectivity index (χ1) is 11.0. The highest BCUT2D eigenvalue weighted by atomic mass is 16.7. The largest absolute Gasteiger partial charge is 0.454 e. The van der Waals surface area contributed by atoms with E-state index >= 15 is 0 Å². The molecular formula is C17H24N2O4. The van der Waals surface area contributed by atoms with E-state index < -0.39 is 0 Å². The van der Waals surface area contributed by atoms with Crippen LogP contribution in [-0.4, -0.2) is 36.6 Å². The summed E-state index contributed by atoms with van der Waals surface area (Å²) < 4.78 is 10.6. The van der Waals surface area contributed by atoms with Gasteiger partial charge in [0.1, 0.15) is 0 Å². The molecule has 1 heterocycles. The number of ether oxygens (including phenoxy) is 2. The summed E-state index contributed by atoms with van der Waals surface area (Å²) >= 11 is 0. The van der Waals surface area contributed by atoms with Crippen LogP contribution < -0.4 is 14.8 Å². The second kappa shape index (κ2) is 7.85. The molecule has 0 atom stereocenters. The molecule has 1 aromatic rings. The van der Waals surface area contributed by atoms with Gasteiger partial charge in [0.2, 0.25) is 18.6 Å². The highest BCUT2D eigenvalue weighted by Gasteiger charge is 2.15. The number of carbonyl (C=O) groups excluding carboxylic acids is 2. The molecule has 0 aromatic heterocycles. The number of fused-ring (bicyclic) bond motifs is 1. The van der Waals surface area contributed by atoms with Crippen molar-refractivity contribution in [2.24, 2.45) is 5.92 Å². The fourth-order valence-electron chi connectivity index (χ4n) is 2.24. The molecule has 23 heavy (non-hydrogen) atoms. The van der Waals surface area contributed by atoms with Crippen molar-refractivity contribution in [3.63, 3.8) is 0 Å². The maximum Gasteiger partial charge on any atom is 0.239 e. The Hall–Kier alpha value is -2.24. The molecule has 0 aliphatic carbocycles. The summed E-state index contributed by atoms with van der Waals surface area (Å²) in [6, 6.07) is 5.56. The van der Waals surface area contributed by atoms with Gasteiger partial charge in [-0.1, -0.05) is 19.9 Å². The van der Waals surface area contributed by atoms with Gasteiger partial charge < -0.3 is 19.7 Å². The zero-order valence-corrected chi connectivity index (χ0v) is 13.9. The van der Waals surface area contributed by atoms with E-state index in [1.807, 2.05) is 18.2 Å². The lowest BCUT2D eigenvalue weighted by molar-refractivity contribution is -0.134. The molecule has 2 rings (SSSR count). The van der Waals surface area contributed by atoms with Crippen molar-refractivity contribution >= 4 is 11.8 Å². The summed E-state index contributed by atoms with van der Waals surface area (Å²) in [6.45, 7) is 7.00. The van der Waals surface area contributed by atoms with Crippen LogP contribution in [0.2, 0.25) is 0 Å². The number of carbonyl (C=O) groups is 2. The molecule has 0 radical (unpaired) electrons. The van der Waals surface area contributed by atoms with Crippen LogP contribution in [0.3, 0.4) is 0 Å². The first kappa shape index (κ1) is 17.1. The second-order valence-corrected chi connectivity index (χ2v) is 6.09. The van der Waals surface area contributed by atoms with E-state index in [0.717, 1.165) is 17.7 Å². The van der Waals surface area contributed by atoms with E-state index in [-0.39, 0.29) is 25.2 Å². The third-order valence-corrected chi connectivity index (χ3v) is 3.68. The summed E-state index contributed by atoms with van der Waals surface area (Å²) in [7, 11) is 0. The summed E-state index contributed by atoms with van der Waals surface area (Å²) in [5, 5.41) is 2.83. The predicted molar refractivity (Wildman–Crippen MR) is 86.1 cm³/mol. The topological polar surface area (TPSA) is 67.9 Å². The van der Waals surface area contributed by atoms with Crippen molar-refractivity contribution in [2.75, 3.05) is 19.9 Å². The predicted octanol–water partition coefficient (Wildman–Crippen LogP) is 1.93. The molecule has 0 saturated carbocycles. The summed E-state index contributed by atoms with van der Waals surface area (Å²) in [5.41, 5.74) is 0.930. The van der Waals surface area contributed by atoms with Crippen molar-refractivity contribution in [3.05, 3.63) is 23.8 Å². The van der Waals surface area contributed by atoms with Gasteiger partial charge in [0, 0.05) is 20.0 Å². The van der Waals surface area contributed by atoms with E-state index in [2.05, 4.69) is 19.2 Å². The van der Waals surface area contributed by atoms with E-state index in [1.165, 1.54) is 6.92 Å². The Morgan fingerprint density at radius 3 is 2.70 bits per heavy atom. The van der Waals surface area contributed by atoms with Crippen LogP contribution in [0.1, 0.15) is 32.8 Å². The summed E-state index contributed by atoms with van der Waals surface area (Å²) in [4.78, 5) is 25.2. The number of hydrogen-bond acceptors (Lipinski definition) is 4. The van der Waals surface area contributed by atoms with E-state index in [9.17, 15) is 9.59 Å². The standard InChI is InChI=1S/C17H24N2O4/c1-12(2)6-7-19(13(3)20)10-17(21)18-9-14-4-5-15-16(8-14)23-11-22-15/h4-5,8,12H,6-7,9-11H2,1-3H3,(H,18,21). The minimum absolute atomic E-state index is 0.0797. The van der Waals surface area contributed by atoms with Gasteiger partial charge in [-0.25, -0.2) is 0 Å².